The topological polar surface area (TPSA) is 74.9 Å². The van der Waals surface area contributed by atoms with Gasteiger partial charge in [-0.05, 0) is 38.1 Å². The summed E-state index contributed by atoms with van der Waals surface area (Å²) in [6, 6.07) is 21.1. The minimum atomic E-state index is -0.124. The zero-order valence-electron chi connectivity index (χ0n) is 19.1. The lowest BCUT2D eigenvalue weighted by molar-refractivity contribution is -0.116. The highest BCUT2D eigenvalue weighted by Gasteiger charge is 2.26. The van der Waals surface area contributed by atoms with Gasteiger partial charge in [-0.3, -0.25) is 9.79 Å². The number of carbonyl (C=O) groups excluding carboxylic acids is 1. The van der Waals surface area contributed by atoms with E-state index in [0.29, 0.717) is 22.7 Å². The van der Waals surface area contributed by atoms with Gasteiger partial charge in [0.25, 0.3) is 0 Å². The van der Waals surface area contributed by atoms with Gasteiger partial charge in [-0.25, -0.2) is 0 Å². The molecule has 6 heteroatoms. The van der Waals surface area contributed by atoms with Gasteiger partial charge in [0.15, 0.2) is 0 Å². The Labute approximate surface area is 193 Å². The Balaban J connectivity index is 1.98. The van der Waals surface area contributed by atoms with Gasteiger partial charge in [0.2, 0.25) is 5.91 Å². The highest BCUT2D eigenvalue weighted by molar-refractivity contribution is 6.20. The van der Waals surface area contributed by atoms with Crippen LogP contribution in [0.25, 0.3) is 11.1 Å². The Morgan fingerprint density at radius 1 is 1.00 bits per heavy atom. The number of nitriles is 1. The molecule has 1 aliphatic heterocycles. The summed E-state index contributed by atoms with van der Waals surface area (Å²) in [6.45, 7) is 3.99. The van der Waals surface area contributed by atoms with Gasteiger partial charge in [0, 0.05) is 35.4 Å². The van der Waals surface area contributed by atoms with E-state index in [2.05, 4.69) is 11.1 Å². The average Bonchev–Trinajstić information content (AvgIpc) is 2.94. The van der Waals surface area contributed by atoms with Gasteiger partial charge in [0.1, 0.15) is 18.0 Å². The third kappa shape index (κ3) is 4.31. The number of aliphatic imine (C=N–C) groups is 1. The smallest absolute Gasteiger partial charge is 0.248 e. The molecule has 0 spiro atoms. The summed E-state index contributed by atoms with van der Waals surface area (Å²) in [5.74, 6) is 1.25. The van der Waals surface area contributed by atoms with Crippen LogP contribution in [0, 0.1) is 11.3 Å². The second-order valence-electron chi connectivity index (χ2n) is 8.04. The van der Waals surface area contributed by atoms with E-state index in [1.54, 1.807) is 31.2 Å². The van der Waals surface area contributed by atoms with E-state index in [1.807, 2.05) is 62.4 Å². The first-order chi connectivity index (χ1) is 15.9. The Morgan fingerprint density at radius 2 is 1.79 bits per heavy atom. The van der Waals surface area contributed by atoms with Gasteiger partial charge in [-0.1, -0.05) is 30.3 Å². The number of amides is 1. The molecule has 1 aliphatic rings. The summed E-state index contributed by atoms with van der Waals surface area (Å²) in [5, 5.41) is 9.38. The number of ether oxygens (including phenoxy) is 2. The second kappa shape index (κ2) is 9.17. The van der Waals surface area contributed by atoms with Crippen LogP contribution in [0.1, 0.15) is 30.5 Å². The molecule has 0 saturated heterocycles. The highest BCUT2D eigenvalue weighted by atomic mass is 16.5. The molecule has 1 amide bonds. The third-order valence-corrected chi connectivity index (χ3v) is 5.49. The van der Waals surface area contributed by atoms with Crippen molar-refractivity contribution in [2.75, 3.05) is 25.6 Å². The van der Waals surface area contributed by atoms with E-state index in [4.69, 9.17) is 9.47 Å². The minimum Gasteiger partial charge on any atom is -0.496 e. The van der Waals surface area contributed by atoms with E-state index < -0.39 is 0 Å². The maximum absolute atomic E-state index is 12.7. The van der Waals surface area contributed by atoms with Gasteiger partial charge >= 0.3 is 0 Å². The first-order valence-corrected chi connectivity index (χ1v) is 10.7. The Bertz CT molecular complexity index is 1290. The normalized spacial score (nSPS) is 13.2. The molecule has 0 atom stereocenters. The molecule has 0 N–H and O–H groups in total. The van der Waals surface area contributed by atoms with Crippen LogP contribution >= 0.6 is 0 Å². The zero-order chi connectivity index (χ0) is 23.5. The summed E-state index contributed by atoms with van der Waals surface area (Å²) < 4.78 is 11.8. The lowest BCUT2D eigenvalue weighted by atomic mass is 9.93. The molecular weight excluding hydrogens is 414 g/mol. The number of hydrogen-bond donors (Lipinski definition) is 0. The van der Waals surface area contributed by atoms with Crippen LogP contribution in [0.2, 0.25) is 0 Å². The van der Waals surface area contributed by atoms with Crippen LogP contribution in [0.4, 0.5) is 5.69 Å². The fourth-order valence-corrected chi connectivity index (χ4v) is 3.92. The summed E-state index contributed by atoms with van der Waals surface area (Å²) in [4.78, 5) is 19.0. The van der Waals surface area contributed by atoms with Crippen molar-refractivity contribution in [3.8, 4) is 28.7 Å². The van der Waals surface area contributed by atoms with E-state index in [9.17, 15) is 10.1 Å². The van der Waals surface area contributed by atoms with Crippen molar-refractivity contribution in [1.29, 1.82) is 5.26 Å². The number of rotatable bonds is 5. The fraction of sp³-hybridized carbons (Fsp3) is 0.222. The number of benzodiazepines with no additional fused rings is 1. The van der Waals surface area contributed by atoms with Crippen LogP contribution in [-0.2, 0) is 4.79 Å². The van der Waals surface area contributed by atoms with Crippen molar-refractivity contribution < 1.29 is 14.3 Å². The Kier molecular flexibility index (Phi) is 6.14. The first-order valence-electron chi connectivity index (χ1n) is 10.7. The third-order valence-electron chi connectivity index (χ3n) is 5.49. The van der Waals surface area contributed by atoms with Crippen LogP contribution in [-0.4, -0.2) is 38.4 Å². The highest BCUT2D eigenvalue weighted by Crippen LogP contribution is 2.41. The molecule has 3 aromatic rings. The van der Waals surface area contributed by atoms with Crippen molar-refractivity contribution in [1.82, 2.24) is 0 Å². The molecule has 0 saturated carbocycles. The molecule has 0 radical (unpaired) electrons. The number of fused-ring (bicyclic) bond motifs is 1. The predicted molar refractivity (Wildman–Crippen MR) is 129 cm³/mol. The van der Waals surface area contributed by atoms with Gasteiger partial charge in [0.05, 0.1) is 36.2 Å². The van der Waals surface area contributed by atoms with Crippen LogP contribution in [0.15, 0.2) is 65.7 Å². The number of para-hydroxylation sites is 1. The maximum Gasteiger partial charge on any atom is 0.248 e. The van der Waals surface area contributed by atoms with Gasteiger partial charge < -0.3 is 14.4 Å². The number of benzene rings is 3. The van der Waals surface area contributed by atoms with Gasteiger partial charge in [-0.2, -0.15) is 5.26 Å². The number of hydrogen-bond acceptors (Lipinski definition) is 5. The second-order valence-corrected chi connectivity index (χ2v) is 8.04. The lowest BCUT2D eigenvalue weighted by Crippen LogP contribution is -2.27. The number of nitrogens with zero attached hydrogens (tertiary/aromatic N) is 3. The van der Waals surface area contributed by atoms with Crippen molar-refractivity contribution in [2.45, 2.75) is 20.0 Å². The molecule has 0 unspecified atom stereocenters. The Morgan fingerprint density at radius 3 is 2.52 bits per heavy atom. The number of anilines is 1. The number of carbonyl (C=O) groups is 1. The van der Waals surface area contributed by atoms with E-state index in [-0.39, 0.29) is 18.6 Å². The minimum absolute atomic E-state index is 0.00701. The Hall–Kier alpha value is -4.11. The SMILES string of the molecule is COc1cc2c(cc1-c1ccccc1OC(C)C)C(c1cccc(C#N)c1)=NCC(=O)N2C. The average molecular weight is 440 g/mol. The zero-order valence-corrected chi connectivity index (χ0v) is 19.1. The van der Waals surface area contributed by atoms with Crippen molar-refractivity contribution in [3.05, 3.63) is 77.4 Å². The predicted octanol–water partition coefficient (Wildman–Crippen LogP) is 4.83. The fourth-order valence-electron chi connectivity index (χ4n) is 3.92. The monoisotopic (exact) mass is 439 g/mol. The molecule has 33 heavy (non-hydrogen) atoms. The molecule has 0 bridgehead atoms. The van der Waals surface area contributed by atoms with Crippen molar-refractivity contribution in [2.24, 2.45) is 4.99 Å². The molecular formula is C27H25N3O3. The maximum atomic E-state index is 12.7. The summed E-state index contributed by atoms with van der Waals surface area (Å²) in [5.41, 5.74) is 5.17. The molecule has 166 valence electrons. The lowest BCUT2D eigenvalue weighted by Gasteiger charge is -2.22. The number of likely N-dealkylation sites (N-methyl/N-ethyl adjacent to an activating group) is 1. The molecule has 0 fully saturated rings. The van der Waals surface area contributed by atoms with E-state index in [0.717, 1.165) is 28.0 Å². The van der Waals surface area contributed by atoms with E-state index in [1.165, 1.54) is 0 Å². The quantitative estimate of drug-likeness (QED) is 0.570. The first kappa shape index (κ1) is 22.1. The largest absolute Gasteiger partial charge is 0.496 e. The van der Waals surface area contributed by atoms with Crippen molar-refractivity contribution >= 4 is 17.3 Å². The van der Waals surface area contributed by atoms with E-state index >= 15 is 0 Å². The summed E-state index contributed by atoms with van der Waals surface area (Å²) in [6.07, 6.45) is 0.00701. The van der Waals surface area contributed by atoms with Crippen LogP contribution < -0.4 is 14.4 Å². The summed E-state index contributed by atoms with van der Waals surface area (Å²) >= 11 is 0. The molecule has 6 nitrogen and oxygen atoms in total. The summed E-state index contributed by atoms with van der Waals surface area (Å²) in [7, 11) is 3.35. The molecule has 0 aromatic heterocycles. The van der Waals surface area contributed by atoms with Crippen LogP contribution in [0.5, 0.6) is 11.5 Å². The van der Waals surface area contributed by atoms with Crippen molar-refractivity contribution in [3.63, 3.8) is 0 Å². The molecule has 3 aromatic carbocycles. The standard InChI is InChI=1S/C27H25N3O3/c1-17(2)33-24-11-6-5-10-20(24)21-13-22-23(14-25(21)32-4)30(3)26(31)16-29-27(22)19-9-7-8-18(12-19)15-28/h5-14,17H,16H2,1-4H3. The molecule has 4 rings (SSSR count). The number of methoxy groups -OCH3 is 1. The molecule has 1 heterocycles. The molecule has 0 aliphatic carbocycles. The van der Waals surface area contributed by atoms with Crippen LogP contribution in [0.3, 0.4) is 0 Å². The van der Waals surface area contributed by atoms with Gasteiger partial charge in [-0.15, -0.1) is 0 Å².